The van der Waals surface area contributed by atoms with Crippen LogP contribution in [0.5, 0.6) is 0 Å². The number of anilines is 1. The van der Waals surface area contributed by atoms with Gasteiger partial charge < -0.3 is 10.6 Å². The van der Waals surface area contributed by atoms with E-state index in [1.54, 1.807) is 18.2 Å². The van der Waals surface area contributed by atoms with Crippen LogP contribution in [0.1, 0.15) is 21.6 Å². The number of nitrogens with zero attached hydrogens (tertiary/aromatic N) is 2. The van der Waals surface area contributed by atoms with E-state index in [9.17, 15) is 9.18 Å². The lowest BCUT2D eigenvalue weighted by molar-refractivity contribution is 0.0949. The molecule has 2 aromatic carbocycles. The Labute approximate surface area is 157 Å². The van der Waals surface area contributed by atoms with Crippen molar-refractivity contribution in [2.24, 2.45) is 0 Å². The molecule has 1 aromatic heterocycles. The highest BCUT2D eigenvalue weighted by atomic mass is 19.1. The van der Waals surface area contributed by atoms with Crippen LogP contribution in [0.4, 0.5) is 10.2 Å². The monoisotopic (exact) mass is 364 g/mol. The molecule has 0 saturated heterocycles. The van der Waals surface area contributed by atoms with E-state index < -0.39 is 0 Å². The van der Waals surface area contributed by atoms with E-state index in [1.165, 1.54) is 24.0 Å². The molecule has 1 heterocycles. The van der Waals surface area contributed by atoms with Crippen LogP contribution in [0.25, 0.3) is 0 Å². The summed E-state index contributed by atoms with van der Waals surface area (Å²) in [4.78, 5) is 20.4. The Morgan fingerprint density at radius 3 is 2.37 bits per heavy atom. The zero-order chi connectivity index (χ0) is 18.9. The zero-order valence-corrected chi connectivity index (χ0v) is 14.9. The van der Waals surface area contributed by atoms with E-state index in [0.29, 0.717) is 24.6 Å². The van der Waals surface area contributed by atoms with Gasteiger partial charge in [0.05, 0.1) is 0 Å². The summed E-state index contributed by atoms with van der Waals surface area (Å²) in [5.74, 6) is 0.112. The topological polar surface area (TPSA) is 66.9 Å². The summed E-state index contributed by atoms with van der Waals surface area (Å²) in [6.07, 6.45) is 2.86. The molecule has 2 N–H and O–H groups in total. The minimum atomic E-state index is -0.245. The lowest BCUT2D eigenvalue weighted by atomic mass is 10.1. The van der Waals surface area contributed by atoms with Crippen molar-refractivity contribution in [3.63, 3.8) is 0 Å². The summed E-state index contributed by atoms with van der Waals surface area (Å²) in [5, 5.41) is 6.03. The minimum absolute atomic E-state index is 0.227. The second kappa shape index (κ2) is 9.43. The molecule has 1 amide bonds. The third-order valence-electron chi connectivity index (χ3n) is 4.07. The quantitative estimate of drug-likeness (QED) is 0.644. The Kier molecular flexibility index (Phi) is 6.46. The molecule has 0 bridgehead atoms. The Bertz CT molecular complexity index is 869. The minimum Gasteiger partial charge on any atom is -0.370 e. The van der Waals surface area contributed by atoms with Crippen LogP contribution in [-0.4, -0.2) is 29.0 Å². The summed E-state index contributed by atoms with van der Waals surface area (Å²) in [6, 6.07) is 18.0. The molecule has 0 aliphatic carbocycles. The molecule has 0 unspecified atom stereocenters. The summed E-state index contributed by atoms with van der Waals surface area (Å²) in [6.45, 7) is 1.16. The van der Waals surface area contributed by atoms with Crippen molar-refractivity contribution in [3.05, 3.63) is 89.6 Å². The molecule has 6 heteroatoms. The molecule has 5 nitrogen and oxygen atoms in total. The normalized spacial score (nSPS) is 10.4. The van der Waals surface area contributed by atoms with Crippen LogP contribution < -0.4 is 10.6 Å². The fourth-order valence-corrected chi connectivity index (χ4v) is 2.62. The van der Waals surface area contributed by atoms with Gasteiger partial charge >= 0.3 is 0 Å². The van der Waals surface area contributed by atoms with Gasteiger partial charge in [0, 0.05) is 19.2 Å². The highest BCUT2D eigenvalue weighted by Gasteiger charge is 2.08. The van der Waals surface area contributed by atoms with Crippen LogP contribution >= 0.6 is 0 Å². The van der Waals surface area contributed by atoms with Crippen molar-refractivity contribution in [1.29, 1.82) is 0 Å². The van der Waals surface area contributed by atoms with Gasteiger partial charge in [-0.15, -0.1) is 0 Å². The van der Waals surface area contributed by atoms with Crippen molar-refractivity contribution in [3.8, 4) is 0 Å². The maximum absolute atomic E-state index is 12.9. The van der Waals surface area contributed by atoms with Crippen LogP contribution in [-0.2, 0) is 12.8 Å². The van der Waals surface area contributed by atoms with Gasteiger partial charge in [-0.05, 0) is 36.1 Å². The van der Waals surface area contributed by atoms with E-state index in [-0.39, 0.29) is 11.7 Å². The molecule has 0 spiro atoms. The van der Waals surface area contributed by atoms with Gasteiger partial charge in [0.2, 0.25) is 0 Å². The molecule has 0 radical (unpaired) electrons. The summed E-state index contributed by atoms with van der Waals surface area (Å²) in [7, 11) is 0. The molecule has 138 valence electrons. The molecule has 27 heavy (non-hydrogen) atoms. The smallest absolute Gasteiger partial charge is 0.270 e. The molecule has 3 rings (SSSR count). The number of aromatic nitrogens is 2. The van der Waals surface area contributed by atoms with Crippen molar-refractivity contribution < 1.29 is 9.18 Å². The number of amides is 1. The largest absolute Gasteiger partial charge is 0.370 e. The molecule has 0 saturated carbocycles. The van der Waals surface area contributed by atoms with Gasteiger partial charge in [0.25, 0.3) is 5.91 Å². The Morgan fingerprint density at radius 1 is 0.889 bits per heavy atom. The number of hydrogen-bond donors (Lipinski definition) is 2. The Morgan fingerprint density at radius 2 is 1.59 bits per heavy atom. The average molecular weight is 364 g/mol. The van der Waals surface area contributed by atoms with E-state index in [4.69, 9.17) is 0 Å². The Balaban J connectivity index is 1.47. The molecular weight excluding hydrogens is 343 g/mol. The van der Waals surface area contributed by atoms with E-state index in [2.05, 4.69) is 20.6 Å². The fraction of sp³-hybridized carbons (Fsp3) is 0.190. The van der Waals surface area contributed by atoms with Gasteiger partial charge in [-0.1, -0.05) is 42.5 Å². The van der Waals surface area contributed by atoms with Gasteiger partial charge in [-0.2, -0.15) is 0 Å². The maximum Gasteiger partial charge on any atom is 0.270 e. The zero-order valence-electron chi connectivity index (χ0n) is 14.9. The number of halogens is 1. The first-order chi connectivity index (χ1) is 13.2. The predicted molar refractivity (Wildman–Crippen MR) is 103 cm³/mol. The van der Waals surface area contributed by atoms with Gasteiger partial charge in [-0.25, -0.2) is 14.4 Å². The third-order valence-corrected chi connectivity index (χ3v) is 4.07. The standard InChI is InChI=1S/C21H21FN4O/c22-18-8-6-17(7-9-18)10-12-23-20-14-19(25-15-26-20)21(27)24-13-11-16-4-2-1-3-5-16/h1-9,14-15H,10-13H2,(H,24,27)(H,23,25,26). The fourth-order valence-electron chi connectivity index (χ4n) is 2.62. The number of carbonyl (C=O) groups is 1. The van der Waals surface area contributed by atoms with Gasteiger partial charge in [0.15, 0.2) is 0 Å². The number of nitrogens with one attached hydrogen (secondary N) is 2. The van der Waals surface area contributed by atoms with Crippen LogP contribution in [0.3, 0.4) is 0 Å². The van der Waals surface area contributed by atoms with E-state index in [0.717, 1.165) is 18.4 Å². The number of hydrogen-bond acceptors (Lipinski definition) is 4. The highest BCUT2D eigenvalue weighted by molar-refractivity contribution is 5.92. The van der Waals surface area contributed by atoms with E-state index in [1.807, 2.05) is 30.3 Å². The van der Waals surface area contributed by atoms with Crippen molar-refractivity contribution in [2.75, 3.05) is 18.4 Å². The first-order valence-electron chi connectivity index (χ1n) is 8.83. The average Bonchev–Trinajstić information content (AvgIpc) is 2.70. The number of carbonyl (C=O) groups excluding carboxylic acids is 1. The van der Waals surface area contributed by atoms with Gasteiger partial charge in [-0.3, -0.25) is 4.79 Å². The van der Waals surface area contributed by atoms with Crippen molar-refractivity contribution in [1.82, 2.24) is 15.3 Å². The highest BCUT2D eigenvalue weighted by Crippen LogP contribution is 2.07. The summed E-state index contributed by atoms with van der Waals surface area (Å²) < 4.78 is 12.9. The van der Waals surface area contributed by atoms with Crippen LogP contribution in [0.15, 0.2) is 67.0 Å². The molecular formula is C21H21FN4O. The SMILES string of the molecule is O=C(NCCc1ccccc1)c1cc(NCCc2ccc(F)cc2)ncn1. The van der Waals surface area contributed by atoms with Crippen LogP contribution in [0.2, 0.25) is 0 Å². The first-order valence-corrected chi connectivity index (χ1v) is 8.83. The third kappa shape index (κ3) is 5.88. The lowest BCUT2D eigenvalue weighted by Gasteiger charge is -2.08. The number of benzene rings is 2. The molecule has 0 aliphatic heterocycles. The van der Waals surface area contributed by atoms with Crippen molar-refractivity contribution in [2.45, 2.75) is 12.8 Å². The first kappa shape index (κ1) is 18.5. The lowest BCUT2D eigenvalue weighted by Crippen LogP contribution is -2.26. The predicted octanol–water partition coefficient (Wildman–Crippen LogP) is 3.24. The van der Waals surface area contributed by atoms with Crippen LogP contribution in [0, 0.1) is 5.82 Å². The summed E-state index contributed by atoms with van der Waals surface area (Å²) >= 11 is 0. The molecule has 3 aromatic rings. The Hall–Kier alpha value is -3.28. The summed E-state index contributed by atoms with van der Waals surface area (Å²) in [5.41, 5.74) is 2.52. The van der Waals surface area contributed by atoms with E-state index >= 15 is 0 Å². The molecule has 0 fully saturated rings. The maximum atomic E-state index is 12.9. The molecule has 0 atom stereocenters. The second-order valence-corrected chi connectivity index (χ2v) is 6.08. The number of rotatable bonds is 8. The van der Waals surface area contributed by atoms with Gasteiger partial charge in [0.1, 0.15) is 23.7 Å². The molecule has 0 aliphatic rings. The second-order valence-electron chi connectivity index (χ2n) is 6.08. The van der Waals surface area contributed by atoms with Crippen molar-refractivity contribution >= 4 is 11.7 Å².